The Kier molecular flexibility index (Phi) is 5.26. The van der Waals surface area contributed by atoms with Crippen molar-refractivity contribution in [3.8, 4) is 11.1 Å². The van der Waals surface area contributed by atoms with Gasteiger partial charge in [-0.3, -0.25) is 9.59 Å². The quantitative estimate of drug-likeness (QED) is 0.940. The van der Waals surface area contributed by atoms with Gasteiger partial charge in [0.1, 0.15) is 0 Å². The Bertz CT molecular complexity index is 689. The van der Waals surface area contributed by atoms with Gasteiger partial charge in [-0.25, -0.2) is 0 Å². The molecule has 0 saturated carbocycles. The van der Waals surface area contributed by atoms with E-state index in [1.807, 2.05) is 47.4 Å². The van der Waals surface area contributed by atoms with E-state index in [0.29, 0.717) is 5.56 Å². The average molecular weight is 322 g/mol. The number of amides is 2. The summed E-state index contributed by atoms with van der Waals surface area (Å²) < 4.78 is 0. The van der Waals surface area contributed by atoms with Crippen LogP contribution in [0.1, 0.15) is 29.6 Å². The molecule has 4 nitrogen and oxygen atoms in total. The second-order valence-corrected chi connectivity index (χ2v) is 6.07. The fraction of sp³-hybridized carbons (Fsp3) is 0.300. The molecule has 0 bridgehead atoms. The Hall–Kier alpha value is -2.62. The van der Waals surface area contributed by atoms with E-state index in [9.17, 15) is 9.59 Å². The predicted molar refractivity (Wildman–Crippen MR) is 94.6 cm³/mol. The molecule has 1 N–H and O–H groups in total. The van der Waals surface area contributed by atoms with Gasteiger partial charge in [-0.15, -0.1) is 0 Å². The van der Waals surface area contributed by atoms with Gasteiger partial charge in [0, 0.05) is 18.7 Å². The lowest BCUT2D eigenvalue weighted by Gasteiger charge is -2.26. The summed E-state index contributed by atoms with van der Waals surface area (Å²) in [6.07, 6.45) is 3.30. The van der Waals surface area contributed by atoms with Gasteiger partial charge in [-0.1, -0.05) is 42.5 Å². The number of benzene rings is 2. The van der Waals surface area contributed by atoms with Gasteiger partial charge in [0.2, 0.25) is 5.91 Å². The van der Waals surface area contributed by atoms with E-state index in [1.54, 1.807) is 12.1 Å². The number of rotatable bonds is 4. The Morgan fingerprint density at radius 2 is 1.46 bits per heavy atom. The first-order chi connectivity index (χ1) is 11.7. The summed E-state index contributed by atoms with van der Waals surface area (Å²) in [6.45, 7) is 1.68. The molecule has 1 heterocycles. The summed E-state index contributed by atoms with van der Waals surface area (Å²) >= 11 is 0. The number of likely N-dealkylation sites (tertiary alicyclic amines) is 1. The normalized spacial score (nSPS) is 14.2. The molecular weight excluding hydrogens is 300 g/mol. The van der Waals surface area contributed by atoms with Gasteiger partial charge >= 0.3 is 0 Å². The molecule has 0 spiro atoms. The molecule has 0 aliphatic carbocycles. The maximum Gasteiger partial charge on any atom is 0.251 e. The van der Waals surface area contributed by atoms with Crippen molar-refractivity contribution in [3.63, 3.8) is 0 Å². The SMILES string of the molecule is O=C(NCC(=O)N1CCCCC1)c1ccc(-c2ccccc2)cc1. The second-order valence-electron chi connectivity index (χ2n) is 6.07. The third-order valence-electron chi connectivity index (χ3n) is 4.36. The molecule has 124 valence electrons. The first kappa shape index (κ1) is 16.2. The smallest absolute Gasteiger partial charge is 0.251 e. The van der Waals surface area contributed by atoms with Crippen LogP contribution >= 0.6 is 0 Å². The molecule has 1 aliphatic heterocycles. The highest BCUT2D eigenvalue weighted by molar-refractivity contribution is 5.96. The van der Waals surface area contributed by atoms with E-state index in [2.05, 4.69) is 5.32 Å². The molecule has 1 saturated heterocycles. The molecular formula is C20H22N2O2. The number of piperidine rings is 1. The van der Waals surface area contributed by atoms with Crippen molar-refractivity contribution >= 4 is 11.8 Å². The fourth-order valence-electron chi connectivity index (χ4n) is 2.96. The van der Waals surface area contributed by atoms with Crippen LogP contribution < -0.4 is 5.32 Å². The van der Waals surface area contributed by atoms with Gasteiger partial charge in [0.15, 0.2) is 0 Å². The largest absolute Gasteiger partial charge is 0.343 e. The number of hydrogen-bond donors (Lipinski definition) is 1. The Morgan fingerprint density at radius 3 is 2.12 bits per heavy atom. The molecule has 3 rings (SSSR count). The maximum absolute atomic E-state index is 12.2. The highest BCUT2D eigenvalue weighted by Crippen LogP contribution is 2.19. The van der Waals surface area contributed by atoms with Crippen LogP contribution in [0.15, 0.2) is 54.6 Å². The van der Waals surface area contributed by atoms with Crippen LogP contribution in [0.3, 0.4) is 0 Å². The minimum Gasteiger partial charge on any atom is -0.343 e. The molecule has 4 heteroatoms. The van der Waals surface area contributed by atoms with Crippen LogP contribution in [0.5, 0.6) is 0 Å². The zero-order valence-electron chi connectivity index (χ0n) is 13.7. The first-order valence-electron chi connectivity index (χ1n) is 8.45. The molecule has 2 amide bonds. The van der Waals surface area contributed by atoms with Crippen molar-refractivity contribution in [2.24, 2.45) is 0 Å². The minimum atomic E-state index is -0.208. The standard InChI is InChI=1S/C20H22N2O2/c23-19(22-13-5-2-6-14-22)15-21-20(24)18-11-9-17(10-12-18)16-7-3-1-4-8-16/h1,3-4,7-12H,2,5-6,13-15H2,(H,21,24). The lowest BCUT2D eigenvalue weighted by atomic mass is 10.0. The van der Waals surface area contributed by atoms with Gasteiger partial charge in [0.25, 0.3) is 5.91 Å². The van der Waals surface area contributed by atoms with Crippen molar-refractivity contribution in [3.05, 3.63) is 60.2 Å². The number of nitrogens with zero attached hydrogens (tertiary/aromatic N) is 1. The van der Waals surface area contributed by atoms with Gasteiger partial charge < -0.3 is 10.2 Å². The Labute approximate surface area is 142 Å². The van der Waals surface area contributed by atoms with Crippen LogP contribution in [0.4, 0.5) is 0 Å². The molecule has 1 fully saturated rings. The first-order valence-corrected chi connectivity index (χ1v) is 8.45. The van der Waals surface area contributed by atoms with Crippen LogP contribution in [0.25, 0.3) is 11.1 Å². The zero-order chi connectivity index (χ0) is 16.8. The van der Waals surface area contributed by atoms with Crippen molar-refractivity contribution in [2.75, 3.05) is 19.6 Å². The van der Waals surface area contributed by atoms with E-state index < -0.39 is 0 Å². The molecule has 0 unspecified atom stereocenters. The Morgan fingerprint density at radius 1 is 0.833 bits per heavy atom. The molecule has 0 radical (unpaired) electrons. The highest BCUT2D eigenvalue weighted by atomic mass is 16.2. The summed E-state index contributed by atoms with van der Waals surface area (Å²) in [4.78, 5) is 26.1. The van der Waals surface area contributed by atoms with E-state index in [0.717, 1.165) is 37.1 Å². The van der Waals surface area contributed by atoms with Crippen LogP contribution in [0.2, 0.25) is 0 Å². The maximum atomic E-state index is 12.2. The molecule has 0 aromatic heterocycles. The van der Waals surface area contributed by atoms with Crippen LogP contribution in [-0.2, 0) is 4.79 Å². The lowest BCUT2D eigenvalue weighted by Crippen LogP contribution is -2.42. The van der Waals surface area contributed by atoms with Crippen molar-refractivity contribution in [1.29, 1.82) is 0 Å². The summed E-state index contributed by atoms with van der Waals surface area (Å²) in [7, 11) is 0. The summed E-state index contributed by atoms with van der Waals surface area (Å²) in [5.41, 5.74) is 2.75. The van der Waals surface area contributed by atoms with Crippen molar-refractivity contribution in [1.82, 2.24) is 10.2 Å². The second kappa shape index (κ2) is 7.77. The number of carbonyl (C=O) groups excluding carboxylic acids is 2. The van der Waals surface area contributed by atoms with Crippen molar-refractivity contribution in [2.45, 2.75) is 19.3 Å². The number of hydrogen-bond acceptors (Lipinski definition) is 2. The monoisotopic (exact) mass is 322 g/mol. The van der Waals surface area contributed by atoms with Gasteiger partial charge in [0.05, 0.1) is 6.54 Å². The minimum absolute atomic E-state index is 0.00366. The van der Waals surface area contributed by atoms with Crippen molar-refractivity contribution < 1.29 is 9.59 Å². The third kappa shape index (κ3) is 4.02. The van der Waals surface area contributed by atoms with Crippen LogP contribution in [-0.4, -0.2) is 36.3 Å². The van der Waals surface area contributed by atoms with E-state index in [-0.39, 0.29) is 18.4 Å². The summed E-state index contributed by atoms with van der Waals surface area (Å²) in [6, 6.07) is 17.5. The van der Waals surface area contributed by atoms with E-state index in [1.165, 1.54) is 6.42 Å². The number of carbonyl (C=O) groups is 2. The van der Waals surface area contributed by atoms with Gasteiger partial charge in [-0.2, -0.15) is 0 Å². The fourth-order valence-corrected chi connectivity index (χ4v) is 2.96. The highest BCUT2D eigenvalue weighted by Gasteiger charge is 2.17. The van der Waals surface area contributed by atoms with E-state index >= 15 is 0 Å². The lowest BCUT2D eigenvalue weighted by molar-refractivity contribution is -0.130. The summed E-state index contributed by atoms with van der Waals surface area (Å²) in [5.74, 6) is -0.205. The van der Waals surface area contributed by atoms with Gasteiger partial charge in [-0.05, 0) is 42.5 Å². The topological polar surface area (TPSA) is 49.4 Å². The predicted octanol–water partition coefficient (Wildman–Crippen LogP) is 3.10. The molecule has 2 aromatic rings. The van der Waals surface area contributed by atoms with Crippen LogP contribution in [0, 0.1) is 0 Å². The summed E-state index contributed by atoms with van der Waals surface area (Å²) in [5, 5.41) is 2.73. The molecule has 24 heavy (non-hydrogen) atoms. The Balaban J connectivity index is 1.56. The molecule has 0 atom stereocenters. The third-order valence-corrected chi connectivity index (χ3v) is 4.36. The zero-order valence-corrected chi connectivity index (χ0v) is 13.7. The number of nitrogens with one attached hydrogen (secondary N) is 1. The van der Waals surface area contributed by atoms with E-state index in [4.69, 9.17) is 0 Å². The average Bonchev–Trinajstić information content (AvgIpc) is 2.67. The molecule has 1 aliphatic rings. The molecule has 2 aromatic carbocycles.